The van der Waals surface area contributed by atoms with Crippen molar-refractivity contribution in [3.63, 3.8) is 0 Å². The first kappa shape index (κ1) is 12.9. The van der Waals surface area contributed by atoms with Gasteiger partial charge >= 0.3 is 0 Å². The lowest BCUT2D eigenvalue weighted by Gasteiger charge is -2.05. The Kier molecular flexibility index (Phi) is 3.77. The Labute approximate surface area is 124 Å². The van der Waals surface area contributed by atoms with Gasteiger partial charge in [-0.25, -0.2) is 4.98 Å². The number of hydrogen-bond donors (Lipinski definition) is 0. The zero-order chi connectivity index (χ0) is 13.8. The summed E-state index contributed by atoms with van der Waals surface area (Å²) in [7, 11) is 0. The molecule has 2 heterocycles. The van der Waals surface area contributed by atoms with Crippen molar-refractivity contribution in [2.24, 2.45) is 0 Å². The Morgan fingerprint density at radius 1 is 1.20 bits per heavy atom. The molecular formula is C15H10N2OS2. The zero-order valence-corrected chi connectivity index (χ0v) is 12.1. The summed E-state index contributed by atoms with van der Waals surface area (Å²) >= 11 is 3.26. The molecule has 0 unspecified atom stereocenters. The summed E-state index contributed by atoms with van der Waals surface area (Å²) in [5, 5.41) is 16.1. The normalized spacial score (nSPS) is 10.2. The number of benzene rings is 1. The number of hydrogen-bond acceptors (Lipinski definition) is 5. The molecule has 0 saturated heterocycles. The van der Waals surface area contributed by atoms with Gasteiger partial charge in [0.1, 0.15) is 23.4 Å². The second-order valence-electron chi connectivity index (χ2n) is 4.05. The van der Waals surface area contributed by atoms with Gasteiger partial charge in [0.25, 0.3) is 0 Å². The topological polar surface area (TPSA) is 45.9 Å². The third-order valence-electron chi connectivity index (χ3n) is 2.70. The molecule has 5 heteroatoms. The molecule has 3 rings (SSSR count). The largest absolute Gasteiger partial charge is 0.486 e. The van der Waals surface area contributed by atoms with Gasteiger partial charge < -0.3 is 4.74 Å². The van der Waals surface area contributed by atoms with Crippen molar-refractivity contribution in [3.8, 4) is 22.4 Å². The molecule has 0 atom stereocenters. The first-order chi connectivity index (χ1) is 9.86. The Balaban J connectivity index is 1.72. The summed E-state index contributed by atoms with van der Waals surface area (Å²) in [5.41, 5.74) is 2.56. The van der Waals surface area contributed by atoms with Crippen molar-refractivity contribution < 1.29 is 4.74 Å². The van der Waals surface area contributed by atoms with Gasteiger partial charge in [-0.3, -0.25) is 0 Å². The van der Waals surface area contributed by atoms with Gasteiger partial charge in [-0.1, -0.05) is 12.1 Å². The summed E-state index contributed by atoms with van der Waals surface area (Å²) in [6, 6.07) is 11.4. The van der Waals surface area contributed by atoms with Crippen LogP contribution in [0.5, 0.6) is 5.75 Å². The maximum atomic E-state index is 9.00. The molecule has 0 fully saturated rings. The molecule has 98 valence electrons. The predicted octanol–water partition coefficient (Wildman–Crippen LogP) is 4.32. The lowest BCUT2D eigenvalue weighted by atomic mass is 10.2. The molecule has 0 aliphatic heterocycles. The van der Waals surface area contributed by atoms with Crippen molar-refractivity contribution in [2.75, 3.05) is 0 Å². The minimum absolute atomic E-state index is 0.374. The van der Waals surface area contributed by atoms with Crippen LogP contribution in [0.3, 0.4) is 0 Å². The highest BCUT2D eigenvalue weighted by Crippen LogP contribution is 2.26. The molecule has 0 aliphatic carbocycles. The van der Waals surface area contributed by atoms with Gasteiger partial charge in [0, 0.05) is 16.3 Å². The van der Waals surface area contributed by atoms with E-state index in [4.69, 9.17) is 10.00 Å². The SMILES string of the molecule is N#Cc1ccccc1OCc1csc(-c2ccsc2)n1. The van der Waals surface area contributed by atoms with Crippen LogP contribution in [-0.2, 0) is 6.61 Å². The zero-order valence-electron chi connectivity index (χ0n) is 10.4. The third kappa shape index (κ3) is 2.72. The molecule has 0 spiro atoms. The second-order valence-corrected chi connectivity index (χ2v) is 5.69. The maximum absolute atomic E-state index is 9.00. The molecule has 1 aromatic carbocycles. The third-order valence-corrected chi connectivity index (χ3v) is 4.33. The van der Waals surface area contributed by atoms with Crippen molar-refractivity contribution in [1.82, 2.24) is 4.98 Å². The van der Waals surface area contributed by atoms with Gasteiger partial charge in [0.2, 0.25) is 0 Å². The van der Waals surface area contributed by atoms with E-state index in [1.54, 1.807) is 34.8 Å². The first-order valence-electron chi connectivity index (χ1n) is 5.96. The molecule has 2 aromatic heterocycles. The molecule has 3 aromatic rings. The average molecular weight is 298 g/mol. The van der Waals surface area contributed by atoms with E-state index >= 15 is 0 Å². The number of nitrogens with zero attached hydrogens (tertiary/aromatic N) is 2. The minimum Gasteiger partial charge on any atom is -0.486 e. The van der Waals surface area contributed by atoms with E-state index in [9.17, 15) is 0 Å². The van der Waals surface area contributed by atoms with E-state index < -0.39 is 0 Å². The fourth-order valence-corrected chi connectivity index (χ4v) is 3.25. The van der Waals surface area contributed by atoms with Crippen molar-refractivity contribution in [3.05, 3.63) is 57.7 Å². The van der Waals surface area contributed by atoms with Gasteiger partial charge in [-0.15, -0.1) is 11.3 Å². The molecule has 0 aliphatic rings. The van der Waals surface area contributed by atoms with Crippen molar-refractivity contribution in [1.29, 1.82) is 5.26 Å². The van der Waals surface area contributed by atoms with Gasteiger partial charge in [0.15, 0.2) is 0 Å². The van der Waals surface area contributed by atoms with E-state index in [-0.39, 0.29) is 0 Å². The summed E-state index contributed by atoms with van der Waals surface area (Å²) in [6.07, 6.45) is 0. The average Bonchev–Trinajstić information content (AvgIpc) is 3.16. The van der Waals surface area contributed by atoms with Crippen LogP contribution in [-0.4, -0.2) is 4.98 Å². The van der Waals surface area contributed by atoms with Crippen LogP contribution in [0.4, 0.5) is 0 Å². The number of thiophene rings is 1. The standard InChI is InChI=1S/C15H10N2OS2/c16-7-11-3-1-2-4-14(11)18-8-13-10-20-15(17-13)12-5-6-19-9-12/h1-6,9-10H,8H2. The maximum Gasteiger partial charge on any atom is 0.137 e. The van der Waals surface area contributed by atoms with E-state index in [1.807, 2.05) is 22.9 Å². The molecule has 0 N–H and O–H groups in total. The predicted molar refractivity (Wildman–Crippen MR) is 80.9 cm³/mol. The van der Waals surface area contributed by atoms with Crippen molar-refractivity contribution in [2.45, 2.75) is 6.61 Å². The fraction of sp³-hybridized carbons (Fsp3) is 0.0667. The molecule has 3 nitrogen and oxygen atoms in total. The monoisotopic (exact) mass is 298 g/mol. The van der Waals surface area contributed by atoms with Crippen LogP contribution in [0.1, 0.15) is 11.3 Å². The molecule has 0 saturated carbocycles. The molecular weight excluding hydrogens is 288 g/mol. The van der Waals surface area contributed by atoms with Crippen LogP contribution in [0, 0.1) is 11.3 Å². The van der Waals surface area contributed by atoms with Crippen LogP contribution in [0.2, 0.25) is 0 Å². The number of ether oxygens (including phenoxy) is 1. The Morgan fingerprint density at radius 2 is 2.10 bits per heavy atom. The highest BCUT2D eigenvalue weighted by molar-refractivity contribution is 7.14. The van der Waals surface area contributed by atoms with E-state index in [1.165, 1.54) is 0 Å². The Morgan fingerprint density at radius 3 is 2.90 bits per heavy atom. The number of aromatic nitrogens is 1. The first-order valence-corrected chi connectivity index (χ1v) is 7.78. The number of nitriles is 1. The second kappa shape index (κ2) is 5.87. The van der Waals surface area contributed by atoms with Crippen LogP contribution >= 0.6 is 22.7 Å². The Bertz CT molecular complexity index is 741. The Hall–Kier alpha value is -2.16. The fourth-order valence-electron chi connectivity index (χ4n) is 1.73. The van der Waals surface area contributed by atoms with Crippen molar-refractivity contribution >= 4 is 22.7 Å². The lowest BCUT2D eigenvalue weighted by Crippen LogP contribution is -1.97. The quantitative estimate of drug-likeness (QED) is 0.720. The molecule has 0 bridgehead atoms. The highest BCUT2D eigenvalue weighted by Gasteiger charge is 2.07. The van der Waals surface area contributed by atoms with E-state index in [2.05, 4.69) is 22.5 Å². The lowest BCUT2D eigenvalue weighted by molar-refractivity contribution is 0.301. The van der Waals surface area contributed by atoms with Crippen LogP contribution in [0.15, 0.2) is 46.5 Å². The van der Waals surface area contributed by atoms with E-state index in [0.717, 1.165) is 16.3 Å². The summed E-state index contributed by atoms with van der Waals surface area (Å²) in [5.74, 6) is 0.597. The summed E-state index contributed by atoms with van der Waals surface area (Å²) < 4.78 is 5.67. The van der Waals surface area contributed by atoms with E-state index in [0.29, 0.717) is 17.9 Å². The molecule has 0 radical (unpaired) electrons. The number of para-hydroxylation sites is 1. The van der Waals surface area contributed by atoms with Crippen LogP contribution in [0.25, 0.3) is 10.6 Å². The van der Waals surface area contributed by atoms with Crippen LogP contribution < -0.4 is 4.74 Å². The highest BCUT2D eigenvalue weighted by atomic mass is 32.1. The molecule has 0 amide bonds. The number of thiazole rings is 1. The minimum atomic E-state index is 0.374. The van der Waals surface area contributed by atoms with Gasteiger partial charge in [0.05, 0.1) is 11.3 Å². The van der Waals surface area contributed by atoms with Gasteiger partial charge in [-0.05, 0) is 23.6 Å². The summed E-state index contributed by atoms with van der Waals surface area (Å²) in [4.78, 5) is 4.54. The molecule has 20 heavy (non-hydrogen) atoms. The smallest absolute Gasteiger partial charge is 0.137 e. The number of rotatable bonds is 4. The van der Waals surface area contributed by atoms with Gasteiger partial charge in [-0.2, -0.15) is 16.6 Å². The summed E-state index contributed by atoms with van der Waals surface area (Å²) in [6.45, 7) is 0.374.